The van der Waals surface area contributed by atoms with Crippen molar-refractivity contribution in [1.82, 2.24) is 24.2 Å². The summed E-state index contributed by atoms with van der Waals surface area (Å²) in [6, 6.07) is 3.56. The lowest BCUT2D eigenvalue weighted by molar-refractivity contribution is -0.137. The van der Waals surface area contributed by atoms with Crippen LogP contribution < -0.4 is 0 Å². The molecule has 2 aliphatic rings. The van der Waals surface area contributed by atoms with Crippen LogP contribution in [0.5, 0.6) is 0 Å². The lowest BCUT2D eigenvalue weighted by atomic mass is 9.93. The smallest absolute Gasteiger partial charge is 0.246 e. The first-order valence-electron chi connectivity index (χ1n) is 10.1. The molecule has 1 fully saturated rings. The number of carbonyl (C=O) groups is 1. The van der Waals surface area contributed by atoms with Gasteiger partial charge in [-0.3, -0.25) is 9.78 Å². The van der Waals surface area contributed by atoms with Crippen LogP contribution in [-0.2, 0) is 14.8 Å². The highest BCUT2D eigenvalue weighted by molar-refractivity contribution is 7.89. The molecule has 1 atom stereocenters. The number of amides is 1. The third-order valence-corrected chi connectivity index (χ3v) is 7.66. The van der Waals surface area contributed by atoms with E-state index in [4.69, 9.17) is 0 Å². The second-order valence-corrected chi connectivity index (χ2v) is 9.50. The first-order valence-corrected chi connectivity index (χ1v) is 11.6. The average Bonchev–Trinajstić information content (AvgIpc) is 2.79. The summed E-state index contributed by atoms with van der Waals surface area (Å²) in [5.74, 6) is 0.623. The molecule has 1 aliphatic carbocycles. The van der Waals surface area contributed by atoms with Crippen molar-refractivity contribution in [2.45, 2.75) is 31.1 Å². The van der Waals surface area contributed by atoms with Crippen LogP contribution in [0.3, 0.4) is 0 Å². The van der Waals surface area contributed by atoms with Gasteiger partial charge in [0.05, 0.1) is 11.9 Å². The van der Waals surface area contributed by atoms with Crippen molar-refractivity contribution in [1.29, 1.82) is 0 Å². The zero-order chi connectivity index (χ0) is 21.1. The summed E-state index contributed by atoms with van der Waals surface area (Å²) in [7, 11) is -3.72. The van der Waals surface area contributed by atoms with Gasteiger partial charge in [0.1, 0.15) is 4.90 Å². The summed E-state index contributed by atoms with van der Waals surface area (Å²) in [6.45, 7) is 3.06. The summed E-state index contributed by atoms with van der Waals surface area (Å²) in [6.07, 6.45) is 11.4. The van der Waals surface area contributed by atoms with Crippen molar-refractivity contribution in [3.05, 3.63) is 48.6 Å². The van der Waals surface area contributed by atoms with Crippen LogP contribution in [0.1, 0.15) is 25.0 Å². The van der Waals surface area contributed by atoms with E-state index in [1.165, 1.54) is 10.5 Å². The molecule has 0 radical (unpaired) electrons. The quantitative estimate of drug-likeness (QED) is 0.693. The molecule has 8 nitrogen and oxygen atoms in total. The fourth-order valence-electron chi connectivity index (χ4n) is 3.91. The van der Waals surface area contributed by atoms with E-state index in [2.05, 4.69) is 27.1 Å². The van der Waals surface area contributed by atoms with Crippen LogP contribution in [0.15, 0.2) is 47.8 Å². The Labute approximate surface area is 176 Å². The fourth-order valence-corrected chi connectivity index (χ4v) is 5.44. The molecule has 0 saturated carbocycles. The maximum Gasteiger partial charge on any atom is 0.246 e. The Morgan fingerprint density at radius 2 is 1.83 bits per heavy atom. The molecule has 158 valence electrons. The monoisotopic (exact) mass is 427 g/mol. The van der Waals surface area contributed by atoms with E-state index in [0.717, 1.165) is 24.8 Å². The van der Waals surface area contributed by atoms with Crippen molar-refractivity contribution in [2.75, 3.05) is 26.2 Å². The predicted octanol–water partition coefficient (Wildman–Crippen LogP) is 2.04. The van der Waals surface area contributed by atoms with Crippen LogP contribution in [0.25, 0.3) is 11.4 Å². The van der Waals surface area contributed by atoms with Gasteiger partial charge < -0.3 is 4.90 Å². The summed E-state index contributed by atoms with van der Waals surface area (Å²) in [4.78, 5) is 27.2. The predicted molar refractivity (Wildman–Crippen MR) is 112 cm³/mol. The zero-order valence-corrected chi connectivity index (χ0v) is 17.8. The van der Waals surface area contributed by atoms with E-state index < -0.39 is 10.0 Å². The van der Waals surface area contributed by atoms with Crippen LogP contribution in [0, 0.1) is 12.8 Å². The molecular weight excluding hydrogens is 402 g/mol. The Morgan fingerprint density at radius 3 is 2.47 bits per heavy atom. The van der Waals surface area contributed by atoms with Crippen molar-refractivity contribution >= 4 is 15.9 Å². The SMILES string of the molecule is Cc1nc(-c2ccncc2)ncc1S(=O)(=O)N1CCN(C(=O)C2CC=CCC2)CC1. The molecule has 0 aromatic carbocycles. The van der Waals surface area contributed by atoms with Crippen molar-refractivity contribution in [2.24, 2.45) is 5.92 Å². The summed E-state index contributed by atoms with van der Waals surface area (Å²) >= 11 is 0. The largest absolute Gasteiger partial charge is 0.340 e. The Hall–Kier alpha value is -2.65. The van der Waals surface area contributed by atoms with Gasteiger partial charge in [-0.1, -0.05) is 12.2 Å². The molecule has 0 spiro atoms. The number of allylic oxidation sites excluding steroid dienone is 2. The van der Waals surface area contributed by atoms with E-state index in [-0.39, 0.29) is 29.8 Å². The summed E-state index contributed by atoms with van der Waals surface area (Å²) < 4.78 is 27.7. The number of pyridine rings is 1. The Balaban J connectivity index is 1.45. The third-order valence-electron chi connectivity index (χ3n) is 5.66. The molecule has 0 bridgehead atoms. The number of hydrogen-bond acceptors (Lipinski definition) is 6. The Bertz CT molecular complexity index is 1050. The number of aromatic nitrogens is 3. The molecule has 1 aliphatic heterocycles. The second kappa shape index (κ2) is 8.61. The summed E-state index contributed by atoms with van der Waals surface area (Å²) in [5, 5.41) is 0. The van der Waals surface area contributed by atoms with Crippen molar-refractivity contribution in [3.8, 4) is 11.4 Å². The molecule has 1 unspecified atom stereocenters. The molecule has 9 heteroatoms. The highest BCUT2D eigenvalue weighted by atomic mass is 32.2. The van der Waals surface area contributed by atoms with Gasteiger partial charge in [-0.2, -0.15) is 4.31 Å². The standard InChI is InChI=1S/C21H25N5O3S/c1-16-19(15-23-20(24-16)17-7-9-22-10-8-17)30(28,29)26-13-11-25(12-14-26)21(27)18-5-3-2-4-6-18/h2-3,7-10,15,18H,4-6,11-14H2,1H3. The van der Waals surface area contributed by atoms with Crippen LogP contribution in [-0.4, -0.2) is 64.7 Å². The van der Waals surface area contributed by atoms with Gasteiger partial charge in [0.25, 0.3) is 0 Å². The van der Waals surface area contributed by atoms with Crippen LogP contribution >= 0.6 is 0 Å². The molecule has 1 amide bonds. The molecule has 4 rings (SSSR count). The Kier molecular flexibility index (Phi) is 5.92. The van der Waals surface area contributed by atoms with Gasteiger partial charge >= 0.3 is 0 Å². The van der Waals surface area contributed by atoms with E-state index in [9.17, 15) is 13.2 Å². The number of carbonyl (C=O) groups excluding carboxylic acids is 1. The summed E-state index contributed by atoms with van der Waals surface area (Å²) in [5.41, 5.74) is 1.19. The molecule has 30 heavy (non-hydrogen) atoms. The van der Waals surface area contributed by atoms with Gasteiger partial charge in [0.2, 0.25) is 15.9 Å². The van der Waals surface area contributed by atoms with Gasteiger partial charge in [-0.25, -0.2) is 18.4 Å². The van der Waals surface area contributed by atoms with Gasteiger partial charge in [-0.15, -0.1) is 0 Å². The number of nitrogens with zero attached hydrogens (tertiary/aromatic N) is 5. The minimum Gasteiger partial charge on any atom is -0.340 e. The first kappa shape index (κ1) is 20.6. The number of piperazine rings is 1. The minimum absolute atomic E-state index is 0.0227. The second-order valence-electron chi connectivity index (χ2n) is 7.59. The molecule has 2 aromatic heterocycles. The fraction of sp³-hybridized carbons (Fsp3) is 0.429. The Morgan fingerprint density at radius 1 is 1.10 bits per heavy atom. The minimum atomic E-state index is -3.72. The maximum atomic E-state index is 13.2. The number of sulfonamides is 1. The molecular formula is C21H25N5O3S. The van der Waals surface area contributed by atoms with Crippen LogP contribution in [0.4, 0.5) is 0 Å². The normalized spacial score (nSPS) is 20.3. The first-order chi connectivity index (χ1) is 14.5. The van der Waals surface area contributed by atoms with E-state index in [1.54, 1.807) is 36.4 Å². The third kappa shape index (κ3) is 4.13. The lowest BCUT2D eigenvalue weighted by Gasteiger charge is -2.36. The molecule has 2 aromatic rings. The van der Waals surface area contributed by atoms with Crippen molar-refractivity contribution in [3.63, 3.8) is 0 Å². The van der Waals surface area contributed by atoms with Gasteiger partial charge in [0, 0.05) is 50.1 Å². The molecule has 1 saturated heterocycles. The number of aryl methyl sites for hydroxylation is 1. The maximum absolute atomic E-state index is 13.2. The van der Waals surface area contributed by atoms with Crippen molar-refractivity contribution < 1.29 is 13.2 Å². The van der Waals surface area contributed by atoms with Gasteiger partial charge in [0.15, 0.2) is 5.82 Å². The lowest BCUT2D eigenvalue weighted by Crippen LogP contribution is -2.52. The van der Waals surface area contributed by atoms with E-state index >= 15 is 0 Å². The number of hydrogen-bond donors (Lipinski definition) is 0. The topological polar surface area (TPSA) is 96.4 Å². The molecule has 3 heterocycles. The van der Waals surface area contributed by atoms with Gasteiger partial charge in [-0.05, 0) is 38.3 Å². The molecule has 0 N–H and O–H groups in total. The zero-order valence-electron chi connectivity index (χ0n) is 16.9. The van der Waals surface area contributed by atoms with Crippen LogP contribution in [0.2, 0.25) is 0 Å². The highest BCUT2D eigenvalue weighted by Gasteiger charge is 2.33. The average molecular weight is 428 g/mol. The van der Waals surface area contributed by atoms with E-state index in [0.29, 0.717) is 24.6 Å². The highest BCUT2D eigenvalue weighted by Crippen LogP contribution is 2.24. The number of rotatable bonds is 4. The van der Waals surface area contributed by atoms with E-state index in [1.807, 2.05) is 0 Å².